The Kier molecular flexibility index (Phi) is 6.01. The minimum absolute atomic E-state index is 0.232. The normalized spacial score (nSPS) is 20.4. The average molecular weight is 404 g/mol. The van der Waals surface area contributed by atoms with Gasteiger partial charge in [-0.15, -0.1) is 0 Å². The molecule has 0 aliphatic carbocycles. The third-order valence-corrected chi connectivity index (χ3v) is 4.81. The van der Waals surface area contributed by atoms with Gasteiger partial charge in [0.1, 0.15) is 5.60 Å². The Morgan fingerprint density at radius 2 is 1.93 bits per heavy atom. The van der Waals surface area contributed by atoms with E-state index in [0.717, 1.165) is 4.68 Å². The van der Waals surface area contributed by atoms with Gasteiger partial charge in [0.25, 0.3) is 12.3 Å². The van der Waals surface area contributed by atoms with Crippen molar-refractivity contribution < 1.29 is 27.5 Å². The molecule has 7 nitrogen and oxygen atoms in total. The largest absolute Gasteiger partial charge is 0.444 e. The summed E-state index contributed by atoms with van der Waals surface area (Å²) in [6.45, 7) is 8.73. The highest BCUT2D eigenvalue weighted by atomic mass is 19.3. The van der Waals surface area contributed by atoms with Crippen LogP contribution in [0.1, 0.15) is 53.2 Å². The topological polar surface area (TPSA) is 76.5 Å². The number of ether oxygens (including phenoxy) is 1. The molecule has 0 radical (unpaired) electrons. The number of alkyl halides is 3. The summed E-state index contributed by atoms with van der Waals surface area (Å²) in [7, 11) is 1.42. The number of nitrogens with one attached hydrogen (secondary N) is 1. The minimum atomic E-state index is -2.90. The number of carbonyl (C=O) groups is 2. The van der Waals surface area contributed by atoms with E-state index in [4.69, 9.17) is 4.74 Å². The lowest BCUT2D eigenvalue weighted by Crippen LogP contribution is -2.51. The van der Waals surface area contributed by atoms with Gasteiger partial charge in [-0.3, -0.25) is 9.48 Å². The number of nitrogens with zero attached hydrogens (tertiary/aromatic N) is 3. The van der Waals surface area contributed by atoms with E-state index >= 15 is 0 Å². The predicted molar refractivity (Wildman–Crippen MR) is 96.8 cm³/mol. The second-order valence-electron chi connectivity index (χ2n) is 8.47. The number of aryl methyl sites for hydroxylation is 1. The zero-order chi connectivity index (χ0) is 21.4. The highest BCUT2D eigenvalue weighted by Crippen LogP contribution is 2.39. The average Bonchev–Trinajstić information content (AvgIpc) is 3.03. The van der Waals surface area contributed by atoms with Crippen molar-refractivity contribution in [2.75, 3.05) is 11.9 Å². The van der Waals surface area contributed by atoms with Gasteiger partial charge in [-0.25, -0.2) is 18.0 Å². The van der Waals surface area contributed by atoms with Crippen molar-refractivity contribution in [1.29, 1.82) is 0 Å². The van der Waals surface area contributed by atoms with E-state index < -0.39 is 47.3 Å². The van der Waals surface area contributed by atoms with Crippen LogP contribution in [0.2, 0.25) is 0 Å². The third kappa shape index (κ3) is 4.59. The summed E-state index contributed by atoms with van der Waals surface area (Å²) in [5.74, 6) is -1.86. The summed E-state index contributed by atoms with van der Waals surface area (Å²) in [5.41, 5.74) is -2.54. The number of rotatable bonds is 4. The Labute approximate surface area is 162 Å². The van der Waals surface area contributed by atoms with Crippen LogP contribution in [0.25, 0.3) is 0 Å². The molecule has 2 amide bonds. The molecule has 1 aromatic heterocycles. The molecule has 1 saturated heterocycles. The number of hydrogen-bond donors (Lipinski definition) is 1. The maximum atomic E-state index is 15.0. The highest BCUT2D eigenvalue weighted by Gasteiger charge is 2.50. The van der Waals surface area contributed by atoms with Crippen molar-refractivity contribution in [2.24, 2.45) is 13.0 Å². The van der Waals surface area contributed by atoms with Crippen LogP contribution >= 0.6 is 0 Å². The predicted octanol–water partition coefficient (Wildman–Crippen LogP) is 3.67. The van der Waals surface area contributed by atoms with Gasteiger partial charge in [-0.1, -0.05) is 0 Å². The molecule has 0 bridgehead atoms. The Morgan fingerprint density at radius 3 is 2.46 bits per heavy atom. The van der Waals surface area contributed by atoms with Crippen molar-refractivity contribution in [2.45, 2.75) is 64.8 Å². The molecule has 0 aromatic carbocycles. The molecular formula is C18H27F3N4O3. The Bertz CT molecular complexity index is 743. The quantitative estimate of drug-likeness (QED) is 0.831. The molecule has 2 atom stereocenters. The Morgan fingerprint density at radius 1 is 1.32 bits per heavy atom. The molecule has 0 saturated carbocycles. The first-order chi connectivity index (χ1) is 12.7. The number of hydrogen-bond acceptors (Lipinski definition) is 4. The number of carbonyl (C=O) groups excluding carboxylic acids is 2. The summed E-state index contributed by atoms with van der Waals surface area (Å²) >= 11 is 0. The zero-order valence-corrected chi connectivity index (χ0v) is 16.9. The second kappa shape index (κ2) is 7.63. The molecule has 0 spiro atoms. The molecule has 1 aromatic rings. The molecule has 158 valence electrons. The van der Waals surface area contributed by atoms with Crippen molar-refractivity contribution >= 4 is 17.7 Å². The molecule has 28 heavy (non-hydrogen) atoms. The lowest BCUT2D eigenvalue weighted by Gasteiger charge is -2.37. The van der Waals surface area contributed by atoms with Crippen LogP contribution < -0.4 is 5.32 Å². The highest BCUT2D eigenvalue weighted by molar-refractivity contribution is 5.95. The van der Waals surface area contributed by atoms with Gasteiger partial charge in [-0.2, -0.15) is 5.10 Å². The smallest absolute Gasteiger partial charge is 0.410 e. The van der Waals surface area contributed by atoms with E-state index in [9.17, 15) is 22.8 Å². The molecule has 2 rings (SSSR count). The monoisotopic (exact) mass is 404 g/mol. The van der Waals surface area contributed by atoms with E-state index in [-0.39, 0.29) is 18.7 Å². The molecular weight excluding hydrogens is 377 g/mol. The van der Waals surface area contributed by atoms with Crippen molar-refractivity contribution in [1.82, 2.24) is 14.7 Å². The van der Waals surface area contributed by atoms with Crippen LogP contribution in [0.15, 0.2) is 6.20 Å². The fraction of sp³-hybridized carbons (Fsp3) is 0.722. The standard InChI is InChI=1S/C18H27F3N4O3/c1-17(2,3)28-16(27)25-8-7-10(18(25,4)5)12(19)15(26)22-11-9-24(6)23-13(11)14(20)21/h9-10,12,14H,7-8H2,1-6H3,(H,22,26). The minimum Gasteiger partial charge on any atom is -0.444 e. The maximum Gasteiger partial charge on any atom is 0.410 e. The SMILES string of the molecule is Cn1cc(NC(=O)C(F)C2CCN(C(=O)OC(C)(C)C)C2(C)C)c(C(F)F)n1. The van der Waals surface area contributed by atoms with Gasteiger partial charge in [0.05, 0.1) is 5.69 Å². The molecule has 1 fully saturated rings. The summed E-state index contributed by atoms with van der Waals surface area (Å²) < 4.78 is 47.5. The van der Waals surface area contributed by atoms with Crippen LogP contribution in [-0.2, 0) is 16.6 Å². The molecule has 1 N–H and O–H groups in total. The molecule has 2 unspecified atom stereocenters. The summed E-state index contributed by atoms with van der Waals surface area (Å²) in [6, 6.07) is 0. The van der Waals surface area contributed by atoms with Crippen molar-refractivity contribution in [3.8, 4) is 0 Å². The number of anilines is 1. The fourth-order valence-electron chi connectivity index (χ4n) is 3.41. The van der Waals surface area contributed by atoms with E-state index in [1.54, 1.807) is 34.6 Å². The number of likely N-dealkylation sites (tertiary alicyclic amines) is 1. The first-order valence-corrected chi connectivity index (χ1v) is 9.01. The van der Waals surface area contributed by atoms with Crippen LogP contribution in [0, 0.1) is 5.92 Å². The second-order valence-corrected chi connectivity index (χ2v) is 8.47. The summed E-state index contributed by atoms with van der Waals surface area (Å²) in [5, 5.41) is 5.78. The third-order valence-electron chi connectivity index (χ3n) is 4.81. The molecule has 2 heterocycles. The molecule has 1 aliphatic rings. The van der Waals surface area contributed by atoms with Gasteiger partial charge >= 0.3 is 6.09 Å². The lowest BCUT2D eigenvalue weighted by atomic mass is 9.84. The van der Waals surface area contributed by atoms with Gasteiger partial charge in [0.15, 0.2) is 11.9 Å². The van der Waals surface area contributed by atoms with Crippen LogP contribution in [0.3, 0.4) is 0 Å². The molecule has 10 heteroatoms. The van der Waals surface area contributed by atoms with Gasteiger partial charge in [0.2, 0.25) is 0 Å². The number of amides is 2. The van der Waals surface area contributed by atoms with Crippen molar-refractivity contribution in [3.63, 3.8) is 0 Å². The first kappa shape index (κ1) is 22.0. The Balaban J connectivity index is 2.13. The van der Waals surface area contributed by atoms with E-state index in [1.807, 2.05) is 0 Å². The number of halogens is 3. The van der Waals surface area contributed by atoms with Crippen LogP contribution in [-0.4, -0.2) is 50.5 Å². The summed E-state index contributed by atoms with van der Waals surface area (Å²) in [6.07, 6.45) is -4.04. The zero-order valence-electron chi connectivity index (χ0n) is 16.9. The number of aromatic nitrogens is 2. The van der Waals surface area contributed by atoms with Crippen LogP contribution in [0.4, 0.5) is 23.7 Å². The maximum absolute atomic E-state index is 15.0. The fourth-order valence-corrected chi connectivity index (χ4v) is 3.41. The van der Waals surface area contributed by atoms with Crippen LogP contribution in [0.5, 0.6) is 0 Å². The van der Waals surface area contributed by atoms with E-state index in [2.05, 4.69) is 10.4 Å². The lowest BCUT2D eigenvalue weighted by molar-refractivity contribution is -0.123. The van der Waals surface area contributed by atoms with E-state index in [0.29, 0.717) is 0 Å². The van der Waals surface area contributed by atoms with Gasteiger partial charge in [0, 0.05) is 31.2 Å². The first-order valence-electron chi connectivity index (χ1n) is 9.01. The molecule has 1 aliphatic heterocycles. The van der Waals surface area contributed by atoms with Gasteiger partial charge in [-0.05, 0) is 41.0 Å². The van der Waals surface area contributed by atoms with Gasteiger partial charge < -0.3 is 15.0 Å². The van der Waals surface area contributed by atoms with Crippen molar-refractivity contribution in [3.05, 3.63) is 11.9 Å². The van der Waals surface area contributed by atoms with E-state index in [1.165, 1.54) is 18.1 Å². The summed E-state index contributed by atoms with van der Waals surface area (Å²) in [4.78, 5) is 26.2. The Hall–Kier alpha value is -2.26.